The topological polar surface area (TPSA) is 114 Å². The minimum absolute atomic E-state index is 0.0389. The van der Waals surface area contributed by atoms with Crippen molar-refractivity contribution in [1.82, 2.24) is 15.0 Å². The van der Waals surface area contributed by atoms with E-state index in [9.17, 15) is 9.90 Å². The highest BCUT2D eigenvalue weighted by atomic mass is 16.4. The Morgan fingerprint density at radius 1 is 0.941 bits per heavy atom. The molecule has 7 heteroatoms. The number of fused-ring (bicyclic) bond motifs is 2. The summed E-state index contributed by atoms with van der Waals surface area (Å²) < 4.78 is 0. The van der Waals surface area contributed by atoms with Crippen LogP contribution in [0.4, 0.5) is 11.4 Å². The highest BCUT2D eigenvalue weighted by Gasteiger charge is 2.18. The number of nitrogens with one attached hydrogen (secondary N) is 1. The van der Waals surface area contributed by atoms with Crippen molar-refractivity contribution in [1.29, 1.82) is 0 Å². The first-order chi connectivity index (χ1) is 16.3. The molecule has 168 valence electrons. The molecule has 0 fully saturated rings. The molecule has 3 aromatic heterocycles. The number of rotatable bonds is 5. The summed E-state index contributed by atoms with van der Waals surface area (Å²) >= 11 is 0. The molecule has 0 aliphatic rings. The van der Waals surface area contributed by atoms with Crippen LogP contribution in [0.2, 0.25) is 0 Å². The Morgan fingerprint density at radius 2 is 1.68 bits per heavy atom. The third kappa shape index (κ3) is 4.04. The Morgan fingerprint density at radius 3 is 2.41 bits per heavy atom. The first kappa shape index (κ1) is 21.5. The number of aromatic nitrogens is 3. The van der Waals surface area contributed by atoms with E-state index in [0.717, 1.165) is 27.7 Å². The van der Waals surface area contributed by atoms with Crippen LogP contribution in [-0.2, 0) is 5.54 Å². The number of anilines is 2. The van der Waals surface area contributed by atoms with Crippen molar-refractivity contribution in [2.24, 2.45) is 5.73 Å². The molecule has 5 rings (SSSR count). The lowest BCUT2D eigenvalue weighted by atomic mass is 9.95. The average molecular weight is 450 g/mol. The molecule has 0 bridgehead atoms. The molecule has 0 aliphatic heterocycles. The third-order valence-corrected chi connectivity index (χ3v) is 5.73. The molecule has 2 aromatic carbocycles. The van der Waals surface area contributed by atoms with Crippen LogP contribution in [0.15, 0.2) is 79.1 Å². The summed E-state index contributed by atoms with van der Waals surface area (Å²) in [5.74, 6) is -1.09. The van der Waals surface area contributed by atoms with Gasteiger partial charge in [-0.15, -0.1) is 0 Å². The first-order valence-corrected chi connectivity index (χ1v) is 10.8. The molecule has 0 saturated heterocycles. The van der Waals surface area contributed by atoms with E-state index in [4.69, 9.17) is 10.7 Å². The number of para-hydroxylation sites is 1. The highest BCUT2D eigenvalue weighted by Crippen LogP contribution is 2.31. The molecule has 0 atom stereocenters. The smallest absolute Gasteiger partial charge is 0.339 e. The first-order valence-electron chi connectivity index (χ1n) is 10.8. The van der Waals surface area contributed by atoms with Crippen molar-refractivity contribution in [2.75, 3.05) is 5.32 Å². The summed E-state index contributed by atoms with van der Waals surface area (Å²) in [4.78, 5) is 25.7. The van der Waals surface area contributed by atoms with Gasteiger partial charge in [-0.25, -0.2) is 9.78 Å². The largest absolute Gasteiger partial charge is 0.478 e. The summed E-state index contributed by atoms with van der Waals surface area (Å²) in [6.45, 7) is 3.86. The second kappa shape index (κ2) is 8.20. The molecule has 4 N–H and O–H groups in total. The third-order valence-electron chi connectivity index (χ3n) is 5.73. The summed E-state index contributed by atoms with van der Waals surface area (Å²) in [7, 11) is 0. The van der Waals surface area contributed by atoms with Gasteiger partial charge in [-0.3, -0.25) is 9.97 Å². The molecule has 7 nitrogen and oxygen atoms in total. The Balaban J connectivity index is 1.63. The predicted molar refractivity (Wildman–Crippen MR) is 134 cm³/mol. The van der Waals surface area contributed by atoms with Crippen LogP contribution >= 0.6 is 0 Å². The summed E-state index contributed by atoms with van der Waals surface area (Å²) in [5.41, 5.74) is 11.3. The number of nitrogens with zero attached hydrogens (tertiary/aromatic N) is 3. The maximum Gasteiger partial charge on any atom is 0.339 e. The second-order valence-electron chi connectivity index (χ2n) is 8.76. The van der Waals surface area contributed by atoms with Gasteiger partial charge in [0.15, 0.2) is 0 Å². The van der Waals surface area contributed by atoms with E-state index >= 15 is 0 Å². The van der Waals surface area contributed by atoms with Crippen molar-refractivity contribution in [3.05, 3.63) is 90.3 Å². The normalized spacial score (nSPS) is 11.6. The van der Waals surface area contributed by atoms with Crippen molar-refractivity contribution < 1.29 is 9.90 Å². The van der Waals surface area contributed by atoms with Gasteiger partial charge in [-0.2, -0.15) is 0 Å². The average Bonchev–Trinajstić information content (AvgIpc) is 2.83. The van der Waals surface area contributed by atoms with E-state index in [1.54, 1.807) is 6.20 Å². The SMILES string of the molecule is CC(C)(N)c1ccc(Nc2c(C(=O)O)cnc3ccc(-c4cnc5ccccc5c4)nc23)cc1. The number of hydrogen-bond acceptors (Lipinski definition) is 6. The van der Waals surface area contributed by atoms with Gasteiger partial charge in [0.2, 0.25) is 0 Å². The van der Waals surface area contributed by atoms with Crippen molar-refractivity contribution in [3.8, 4) is 11.3 Å². The summed E-state index contributed by atoms with van der Waals surface area (Å²) in [6, 6.07) is 21.2. The van der Waals surface area contributed by atoms with E-state index in [1.165, 1.54) is 6.20 Å². The van der Waals surface area contributed by atoms with Crippen LogP contribution in [0.3, 0.4) is 0 Å². The molecule has 0 unspecified atom stereocenters. The molecule has 0 amide bonds. The molecule has 0 radical (unpaired) electrons. The number of nitrogens with two attached hydrogens (primary N) is 1. The number of pyridine rings is 3. The monoisotopic (exact) mass is 449 g/mol. The maximum absolute atomic E-state index is 12.0. The van der Waals surface area contributed by atoms with Crippen LogP contribution in [0, 0.1) is 0 Å². The summed E-state index contributed by atoms with van der Waals surface area (Å²) in [6.07, 6.45) is 3.12. The molecule has 0 spiro atoms. The van der Waals surface area contributed by atoms with Gasteiger partial charge >= 0.3 is 5.97 Å². The van der Waals surface area contributed by atoms with Gasteiger partial charge in [-0.05, 0) is 55.8 Å². The van der Waals surface area contributed by atoms with E-state index in [2.05, 4.69) is 15.3 Å². The Kier molecular flexibility index (Phi) is 5.18. The van der Waals surface area contributed by atoms with Crippen molar-refractivity contribution >= 4 is 39.3 Å². The van der Waals surface area contributed by atoms with Crippen LogP contribution in [0.1, 0.15) is 29.8 Å². The zero-order valence-electron chi connectivity index (χ0n) is 18.8. The summed E-state index contributed by atoms with van der Waals surface area (Å²) in [5, 5.41) is 14.1. The van der Waals surface area contributed by atoms with Crippen LogP contribution in [0.25, 0.3) is 33.2 Å². The van der Waals surface area contributed by atoms with Gasteiger partial charge < -0.3 is 16.2 Å². The Bertz CT molecular complexity index is 1540. The van der Waals surface area contributed by atoms with Crippen molar-refractivity contribution in [2.45, 2.75) is 19.4 Å². The lowest BCUT2D eigenvalue weighted by molar-refractivity contribution is 0.0697. The number of aromatic carboxylic acids is 1. The second-order valence-corrected chi connectivity index (χ2v) is 8.76. The van der Waals surface area contributed by atoms with E-state index in [1.807, 2.05) is 80.6 Å². The fourth-order valence-corrected chi connectivity index (χ4v) is 3.85. The number of carbonyl (C=O) groups is 1. The van der Waals surface area contributed by atoms with Crippen molar-refractivity contribution in [3.63, 3.8) is 0 Å². The van der Waals surface area contributed by atoms with E-state index in [-0.39, 0.29) is 5.56 Å². The Hall–Kier alpha value is -4.36. The van der Waals surface area contributed by atoms with Gasteiger partial charge in [0.25, 0.3) is 0 Å². The highest BCUT2D eigenvalue weighted by molar-refractivity contribution is 6.04. The van der Waals surface area contributed by atoms with Crippen LogP contribution < -0.4 is 11.1 Å². The number of carboxylic acid groups (broad SMARTS) is 1. The lowest BCUT2D eigenvalue weighted by Gasteiger charge is -2.20. The minimum atomic E-state index is -1.09. The molecule has 0 aliphatic carbocycles. The van der Waals surface area contributed by atoms with Gasteiger partial charge in [0.05, 0.1) is 22.4 Å². The molecular weight excluding hydrogens is 426 g/mol. The quantitative estimate of drug-likeness (QED) is 0.325. The van der Waals surface area contributed by atoms with Gasteiger partial charge in [0, 0.05) is 34.6 Å². The van der Waals surface area contributed by atoms with Gasteiger partial charge in [0.1, 0.15) is 11.1 Å². The standard InChI is InChI=1S/C27H23N5O2/c1-27(2,28)18-7-9-19(10-8-18)31-24-20(26(33)34)15-30-23-12-11-22(32-25(23)24)17-13-16-5-3-4-6-21(16)29-14-17/h3-15H,28H2,1-2H3,(H,30,31)(H,33,34). The number of carboxylic acids is 1. The fraction of sp³-hybridized carbons (Fsp3) is 0.111. The number of benzene rings is 2. The minimum Gasteiger partial charge on any atom is -0.478 e. The zero-order valence-corrected chi connectivity index (χ0v) is 18.8. The molecule has 0 saturated carbocycles. The maximum atomic E-state index is 12.0. The molecule has 3 heterocycles. The van der Waals surface area contributed by atoms with Gasteiger partial charge in [-0.1, -0.05) is 30.3 Å². The zero-order chi connectivity index (χ0) is 23.9. The van der Waals surface area contributed by atoms with E-state index in [0.29, 0.717) is 22.4 Å². The van der Waals surface area contributed by atoms with Crippen LogP contribution in [0.5, 0.6) is 0 Å². The fourth-order valence-electron chi connectivity index (χ4n) is 3.85. The predicted octanol–water partition coefficient (Wildman–Crippen LogP) is 5.48. The molecular formula is C27H23N5O2. The number of hydrogen-bond donors (Lipinski definition) is 3. The van der Waals surface area contributed by atoms with Crippen LogP contribution in [-0.4, -0.2) is 26.0 Å². The lowest BCUT2D eigenvalue weighted by Crippen LogP contribution is -2.28. The molecule has 5 aromatic rings. The van der Waals surface area contributed by atoms with E-state index < -0.39 is 11.5 Å². The molecule has 34 heavy (non-hydrogen) atoms. The Labute approximate surface area is 196 Å².